The molecule has 1 aliphatic rings. The monoisotopic (exact) mass is 315 g/mol. The van der Waals surface area contributed by atoms with Gasteiger partial charge in [-0.15, -0.1) is 0 Å². The van der Waals surface area contributed by atoms with Crippen molar-refractivity contribution < 1.29 is 13.9 Å². The Kier molecular flexibility index (Phi) is 4.94. The zero-order chi connectivity index (χ0) is 16.2. The number of methoxy groups -OCH3 is 1. The fraction of sp³-hybridized carbons (Fsp3) is 0.368. The molecule has 1 aliphatic heterocycles. The maximum absolute atomic E-state index is 13.7. The SMILES string of the molecule is COc1ccc(-c2ccc(F)cc2COC2CCNC2)cc1C. The molecule has 3 nitrogen and oxygen atoms in total. The summed E-state index contributed by atoms with van der Waals surface area (Å²) in [4.78, 5) is 0. The van der Waals surface area contributed by atoms with Crippen molar-refractivity contribution in [2.24, 2.45) is 0 Å². The van der Waals surface area contributed by atoms with Gasteiger partial charge in [0.15, 0.2) is 0 Å². The molecule has 0 spiro atoms. The highest BCUT2D eigenvalue weighted by molar-refractivity contribution is 5.69. The minimum Gasteiger partial charge on any atom is -0.496 e. The van der Waals surface area contributed by atoms with Gasteiger partial charge >= 0.3 is 0 Å². The second kappa shape index (κ2) is 7.11. The van der Waals surface area contributed by atoms with E-state index in [9.17, 15) is 4.39 Å². The third-order valence-corrected chi connectivity index (χ3v) is 4.26. The molecule has 1 unspecified atom stereocenters. The van der Waals surface area contributed by atoms with E-state index in [0.717, 1.165) is 47.5 Å². The van der Waals surface area contributed by atoms with Crippen LogP contribution in [-0.4, -0.2) is 26.3 Å². The zero-order valence-electron chi connectivity index (χ0n) is 13.6. The van der Waals surface area contributed by atoms with E-state index in [0.29, 0.717) is 6.61 Å². The molecule has 0 aliphatic carbocycles. The lowest BCUT2D eigenvalue weighted by Gasteiger charge is -2.15. The van der Waals surface area contributed by atoms with Gasteiger partial charge in [-0.25, -0.2) is 4.39 Å². The van der Waals surface area contributed by atoms with Gasteiger partial charge in [-0.1, -0.05) is 12.1 Å². The summed E-state index contributed by atoms with van der Waals surface area (Å²) in [5.41, 5.74) is 3.98. The summed E-state index contributed by atoms with van der Waals surface area (Å²) in [6.07, 6.45) is 1.22. The zero-order valence-corrected chi connectivity index (χ0v) is 13.6. The normalized spacial score (nSPS) is 17.4. The number of rotatable bonds is 5. The average Bonchev–Trinajstić information content (AvgIpc) is 3.06. The lowest BCUT2D eigenvalue weighted by atomic mass is 9.98. The molecular weight excluding hydrogens is 293 g/mol. The molecule has 2 aromatic carbocycles. The summed E-state index contributed by atoms with van der Waals surface area (Å²) in [5.74, 6) is 0.618. The van der Waals surface area contributed by atoms with Crippen LogP contribution >= 0.6 is 0 Å². The number of benzene rings is 2. The number of hydrogen-bond acceptors (Lipinski definition) is 3. The van der Waals surface area contributed by atoms with Crippen molar-refractivity contribution >= 4 is 0 Å². The first kappa shape index (κ1) is 16.0. The minimum atomic E-state index is -0.234. The van der Waals surface area contributed by atoms with Crippen LogP contribution in [0.25, 0.3) is 11.1 Å². The molecule has 4 heteroatoms. The van der Waals surface area contributed by atoms with Gasteiger partial charge in [-0.3, -0.25) is 0 Å². The van der Waals surface area contributed by atoms with Crippen LogP contribution in [0.3, 0.4) is 0 Å². The molecule has 1 heterocycles. The quantitative estimate of drug-likeness (QED) is 0.913. The van der Waals surface area contributed by atoms with Crippen LogP contribution in [0.1, 0.15) is 17.5 Å². The highest BCUT2D eigenvalue weighted by atomic mass is 19.1. The molecule has 0 amide bonds. The predicted molar refractivity (Wildman–Crippen MR) is 89.2 cm³/mol. The van der Waals surface area contributed by atoms with E-state index in [1.54, 1.807) is 13.2 Å². The van der Waals surface area contributed by atoms with Gasteiger partial charge in [0.2, 0.25) is 0 Å². The van der Waals surface area contributed by atoms with E-state index < -0.39 is 0 Å². The van der Waals surface area contributed by atoms with Crippen LogP contribution in [0, 0.1) is 12.7 Å². The average molecular weight is 315 g/mol. The van der Waals surface area contributed by atoms with Gasteiger partial charge in [-0.2, -0.15) is 0 Å². The van der Waals surface area contributed by atoms with E-state index in [-0.39, 0.29) is 11.9 Å². The molecule has 1 atom stereocenters. The van der Waals surface area contributed by atoms with Crippen LogP contribution < -0.4 is 10.1 Å². The molecule has 0 saturated carbocycles. The van der Waals surface area contributed by atoms with E-state index in [4.69, 9.17) is 9.47 Å². The maximum Gasteiger partial charge on any atom is 0.123 e. The van der Waals surface area contributed by atoms with Crippen molar-refractivity contribution in [1.29, 1.82) is 0 Å². The fourth-order valence-corrected chi connectivity index (χ4v) is 2.99. The Bertz CT molecular complexity index is 681. The number of aryl methyl sites for hydroxylation is 1. The first-order valence-corrected chi connectivity index (χ1v) is 7.93. The Morgan fingerprint density at radius 3 is 2.78 bits per heavy atom. The van der Waals surface area contributed by atoms with Crippen molar-refractivity contribution in [1.82, 2.24) is 5.32 Å². The number of hydrogen-bond donors (Lipinski definition) is 1. The molecule has 1 N–H and O–H groups in total. The smallest absolute Gasteiger partial charge is 0.123 e. The number of ether oxygens (including phenoxy) is 2. The summed E-state index contributed by atoms with van der Waals surface area (Å²) in [7, 11) is 1.66. The van der Waals surface area contributed by atoms with Gasteiger partial charge in [0.05, 0.1) is 19.8 Å². The van der Waals surface area contributed by atoms with Crippen molar-refractivity contribution in [3.63, 3.8) is 0 Å². The molecule has 2 aromatic rings. The lowest BCUT2D eigenvalue weighted by molar-refractivity contribution is 0.0543. The summed E-state index contributed by atoms with van der Waals surface area (Å²) in [5, 5.41) is 3.27. The first-order chi connectivity index (χ1) is 11.2. The van der Waals surface area contributed by atoms with E-state index in [1.165, 1.54) is 6.07 Å². The van der Waals surface area contributed by atoms with Crippen LogP contribution in [0.15, 0.2) is 36.4 Å². The topological polar surface area (TPSA) is 30.5 Å². The first-order valence-electron chi connectivity index (χ1n) is 7.93. The van der Waals surface area contributed by atoms with Crippen molar-refractivity contribution in [2.75, 3.05) is 20.2 Å². The molecule has 0 bridgehead atoms. The molecule has 0 aromatic heterocycles. The highest BCUT2D eigenvalue weighted by Gasteiger charge is 2.16. The summed E-state index contributed by atoms with van der Waals surface area (Å²) < 4.78 is 24.9. The van der Waals surface area contributed by atoms with Crippen LogP contribution in [-0.2, 0) is 11.3 Å². The lowest BCUT2D eigenvalue weighted by Crippen LogP contribution is -2.16. The molecule has 3 rings (SSSR count). The Morgan fingerprint density at radius 1 is 1.22 bits per heavy atom. The third kappa shape index (κ3) is 3.71. The van der Waals surface area contributed by atoms with Gasteiger partial charge in [0.1, 0.15) is 11.6 Å². The predicted octanol–water partition coefficient (Wildman–Crippen LogP) is 3.69. The van der Waals surface area contributed by atoms with Crippen LogP contribution in [0.5, 0.6) is 5.75 Å². The molecule has 122 valence electrons. The second-order valence-electron chi connectivity index (χ2n) is 5.91. The highest BCUT2D eigenvalue weighted by Crippen LogP contribution is 2.29. The van der Waals surface area contributed by atoms with E-state index >= 15 is 0 Å². The van der Waals surface area contributed by atoms with Crippen molar-refractivity contribution in [3.05, 3.63) is 53.3 Å². The fourth-order valence-electron chi connectivity index (χ4n) is 2.99. The van der Waals surface area contributed by atoms with Crippen LogP contribution in [0.4, 0.5) is 4.39 Å². The Hall–Kier alpha value is -1.91. The largest absolute Gasteiger partial charge is 0.496 e. The minimum absolute atomic E-state index is 0.212. The molecule has 23 heavy (non-hydrogen) atoms. The molecule has 1 saturated heterocycles. The van der Waals surface area contributed by atoms with Gasteiger partial charge in [-0.05, 0) is 66.4 Å². The number of nitrogens with one attached hydrogen (secondary N) is 1. The number of halogens is 1. The van der Waals surface area contributed by atoms with Crippen molar-refractivity contribution in [3.8, 4) is 16.9 Å². The summed E-state index contributed by atoms with van der Waals surface area (Å²) >= 11 is 0. The second-order valence-corrected chi connectivity index (χ2v) is 5.91. The Morgan fingerprint density at radius 2 is 2.09 bits per heavy atom. The summed E-state index contributed by atoms with van der Waals surface area (Å²) in [6, 6.07) is 10.9. The standard InChI is InChI=1S/C19H22FNO2/c1-13-9-14(3-6-19(13)22-2)18-5-4-16(20)10-15(18)12-23-17-7-8-21-11-17/h3-6,9-10,17,21H,7-8,11-12H2,1-2H3. The maximum atomic E-state index is 13.7. The summed E-state index contributed by atoms with van der Waals surface area (Å²) in [6.45, 7) is 4.28. The Balaban J connectivity index is 1.87. The molecular formula is C19H22FNO2. The van der Waals surface area contributed by atoms with Crippen molar-refractivity contribution in [2.45, 2.75) is 26.1 Å². The van der Waals surface area contributed by atoms with Gasteiger partial charge < -0.3 is 14.8 Å². The van der Waals surface area contributed by atoms with Crippen LogP contribution in [0.2, 0.25) is 0 Å². The molecule has 0 radical (unpaired) electrons. The Labute approximate surface area is 136 Å². The van der Waals surface area contributed by atoms with Gasteiger partial charge in [0.25, 0.3) is 0 Å². The van der Waals surface area contributed by atoms with E-state index in [1.807, 2.05) is 25.1 Å². The van der Waals surface area contributed by atoms with E-state index in [2.05, 4.69) is 11.4 Å². The van der Waals surface area contributed by atoms with Gasteiger partial charge in [0, 0.05) is 6.54 Å². The third-order valence-electron chi connectivity index (χ3n) is 4.26. The molecule has 1 fully saturated rings.